The number of rotatable bonds is 7. The van der Waals surface area contributed by atoms with Crippen LogP contribution >= 0.6 is 0 Å². The molecule has 2 N–H and O–H groups in total. The standard InChI is InChI=1S/C22H29N5O/c1-26-14-16-27(17-15-26)13-5-12-24-22(28)25-21-8-4-6-19(18-21)9-10-20-7-2-3-11-23-20/h2-4,6-11,18H,5,12-17H2,1H3,(H2,24,25,28). The summed E-state index contributed by atoms with van der Waals surface area (Å²) in [5.74, 6) is 0. The van der Waals surface area contributed by atoms with Crippen LogP contribution in [0.15, 0.2) is 48.7 Å². The number of carbonyl (C=O) groups is 1. The van der Waals surface area contributed by atoms with Crippen molar-refractivity contribution in [3.05, 3.63) is 59.9 Å². The average Bonchev–Trinajstić information content (AvgIpc) is 2.72. The highest BCUT2D eigenvalue weighted by Gasteiger charge is 2.12. The zero-order chi connectivity index (χ0) is 19.6. The van der Waals surface area contributed by atoms with Gasteiger partial charge in [0.05, 0.1) is 5.69 Å². The number of benzene rings is 1. The molecule has 6 nitrogen and oxygen atoms in total. The second kappa shape index (κ2) is 10.6. The van der Waals surface area contributed by atoms with Gasteiger partial charge in [-0.05, 0) is 55.9 Å². The van der Waals surface area contributed by atoms with Crippen LogP contribution in [0.5, 0.6) is 0 Å². The fourth-order valence-electron chi connectivity index (χ4n) is 3.13. The zero-order valence-electron chi connectivity index (χ0n) is 16.5. The van der Waals surface area contributed by atoms with E-state index in [4.69, 9.17) is 0 Å². The number of piperazine rings is 1. The SMILES string of the molecule is CN1CCN(CCCNC(=O)Nc2cccc(C=Cc3ccccn3)c2)CC1. The van der Waals surface area contributed by atoms with Gasteiger partial charge in [0.15, 0.2) is 0 Å². The number of nitrogens with zero attached hydrogens (tertiary/aromatic N) is 3. The molecule has 2 amide bonds. The summed E-state index contributed by atoms with van der Waals surface area (Å²) in [6, 6.07) is 13.4. The Morgan fingerprint density at radius 2 is 1.96 bits per heavy atom. The van der Waals surface area contributed by atoms with Gasteiger partial charge in [-0.1, -0.05) is 24.3 Å². The lowest BCUT2D eigenvalue weighted by atomic mass is 10.1. The smallest absolute Gasteiger partial charge is 0.319 e. The largest absolute Gasteiger partial charge is 0.338 e. The van der Waals surface area contributed by atoms with Crippen LogP contribution in [-0.4, -0.2) is 67.1 Å². The van der Waals surface area contributed by atoms with Crippen LogP contribution < -0.4 is 10.6 Å². The highest BCUT2D eigenvalue weighted by Crippen LogP contribution is 2.13. The lowest BCUT2D eigenvalue weighted by molar-refractivity contribution is 0.153. The Balaban J connectivity index is 1.40. The van der Waals surface area contributed by atoms with E-state index < -0.39 is 0 Å². The predicted molar refractivity (Wildman–Crippen MR) is 115 cm³/mol. The lowest BCUT2D eigenvalue weighted by Gasteiger charge is -2.32. The molecule has 28 heavy (non-hydrogen) atoms. The van der Waals surface area contributed by atoms with Crippen LogP contribution in [0.1, 0.15) is 17.7 Å². The average molecular weight is 380 g/mol. The second-order valence-corrected chi connectivity index (χ2v) is 7.09. The van der Waals surface area contributed by atoms with E-state index in [9.17, 15) is 4.79 Å². The van der Waals surface area contributed by atoms with Crippen molar-refractivity contribution in [3.63, 3.8) is 0 Å². The van der Waals surface area contributed by atoms with E-state index in [2.05, 4.69) is 32.5 Å². The third kappa shape index (κ3) is 6.79. The molecule has 0 atom stereocenters. The van der Waals surface area contributed by atoms with E-state index in [1.54, 1.807) is 6.20 Å². The molecule has 1 saturated heterocycles. The summed E-state index contributed by atoms with van der Waals surface area (Å²) in [7, 11) is 2.16. The van der Waals surface area contributed by atoms with Crippen molar-refractivity contribution < 1.29 is 4.79 Å². The van der Waals surface area contributed by atoms with Crippen molar-refractivity contribution in [2.24, 2.45) is 0 Å². The first-order valence-corrected chi connectivity index (χ1v) is 9.84. The van der Waals surface area contributed by atoms with Gasteiger partial charge in [0.1, 0.15) is 0 Å². The molecule has 0 saturated carbocycles. The van der Waals surface area contributed by atoms with Gasteiger partial charge in [-0.25, -0.2) is 4.79 Å². The highest BCUT2D eigenvalue weighted by molar-refractivity contribution is 5.89. The van der Waals surface area contributed by atoms with Crippen LogP contribution in [0.4, 0.5) is 10.5 Å². The van der Waals surface area contributed by atoms with Crippen molar-refractivity contribution in [1.29, 1.82) is 0 Å². The molecule has 3 rings (SSSR count). The summed E-state index contributed by atoms with van der Waals surface area (Å²) in [5, 5.41) is 5.85. The summed E-state index contributed by atoms with van der Waals surface area (Å²) in [6.07, 6.45) is 6.68. The molecule has 1 aliphatic heterocycles. The van der Waals surface area contributed by atoms with Crippen molar-refractivity contribution >= 4 is 23.9 Å². The topological polar surface area (TPSA) is 60.5 Å². The Hall–Kier alpha value is -2.70. The molecule has 1 fully saturated rings. The molecule has 6 heteroatoms. The van der Waals surface area contributed by atoms with Crippen LogP contribution in [0, 0.1) is 0 Å². The summed E-state index contributed by atoms with van der Waals surface area (Å²) in [6.45, 7) is 6.18. The van der Waals surface area contributed by atoms with E-state index in [0.29, 0.717) is 6.54 Å². The van der Waals surface area contributed by atoms with Gasteiger partial charge in [-0.3, -0.25) is 4.98 Å². The Bertz CT molecular complexity index is 770. The monoisotopic (exact) mass is 379 g/mol. The summed E-state index contributed by atoms with van der Waals surface area (Å²) in [4.78, 5) is 21.2. The first-order chi connectivity index (χ1) is 13.7. The number of anilines is 1. The van der Waals surface area contributed by atoms with E-state index >= 15 is 0 Å². The highest BCUT2D eigenvalue weighted by atomic mass is 16.2. The molecule has 1 aromatic heterocycles. The summed E-state index contributed by atoms with van der Waals surface area (Å²) in [5.41, 5.74) is 2.69. The van der Waals surface area contributed by atoms with E-state index in [1.165, 1.54) is 0 Å². The van der Waals surface area contributed by atoms with Gasteiger partial charge >= 0.3 is 6.03 Å². The van der Waals surface area contributed by atoms with Crippen LogP contribution in [-0.2, 0) is 0 Å². The van der Waals surface area contributed by atoms with E-state index in [1.807, 2.05) is 54.6 Å². The zero-order valence-corrected chi connectivity index (χ0v) is 16.5. The van der Waals surface area contributed by atoms with Crippen LogP contribution in [0.2, 0.25) is 0 Å². The Kier molecular flexibility index (Phi) is 7.58. The number of amides is 2. The molecule has 2 aromatic rings. The number of nitrogens with one attached hydrogen (secondary N) is 2. The maximum atomic E-state index is 12.1. The molecule has 2 heterocycles. The molecule has 0 unspecified atom stereocenters. The minimum absolute atomic E-state index is 0.163. The van der Waals surface area contributed by atoms with Gasteiger partial charge in [0.25, 0.3) is 0 Å². The van der Waals surface area contributed by atoms with Crippen LogP contribution in [0.25, 0.3) is 12.2 Å². The van der Waals surface area contributed by atoms with Crippen molar-refractivity contribution in [3.8, 4) is 0 Å². The fourth-order valence-corrected chi connectivity index (χ4v) is 3.13. The minimum atomic E-state index is -0.163. The number of pyridine rings is 1. The molecule has 0 aliphatic carbocycles. The van der Waals surface area contributed by atoms with E-state index in [-0.39, 0.29) is 6.03 Å². The predicted octanol–water partition coefficient (Wildman–Crippen LogP) is 3.01. The molecular weight excluding hydrogens is 350 g/mol. The van der Waals surface area contributed by atoms with Crippen molar-refractivity contribution in [2.45, 2.75) is 6.42 Å². The van der Waals surface area contributed by atoms with Gasteiger partial charge < -0.3 is 20.4 Å². The Labute approximate surface area is 167 Å². The number of hydrogen-bond donors (Lipinski definition) is 2. The summed E-state index contributed by atoms with van der Waals surface area (Å²) >= 11 is 0. The Morgan fingerprint density at radius 1 is 1.11 bits per heavy atom. The molecule has 1 aromatic carbocycles. The first-order valence-electron chi connectivity index (χ1n) is 9.84. The fraction of sp³-hybridized carbons (Fsp3) is 0.364. The van der Waals surface area contributed by atoms with Gasteiger partial charge in [0, 0.05) is 44.6 Å². The number of hydrogen-bond acceptors (Lipinski definition) is 4. The molecule has 0 spiro atoms. The third-order valence-electron chi connectivity index (χ3n) is 4.81. The number of carbonyl (C=O) groups excluding carboxylic acids is 1. The lowest BCUT2D eigenvalue weighted by Crippen LogP contribution is -2.45. The quantitative estimate of drug-likeness (QED) is 0.726. The maximum Gasteiger partial charge on any atom is 0.319 e. The maximum absolute atomic E-state index is 12.1. The van der Waals surface area contributed by atoms with Crippen LogP contribution in [0.3, 0.4) is 0 Å². The first kappa shape index (κ1) is 20.0. The van der Waals surface area contributed by atoms with Gasteiger partial charge in [0.2, 0.25) is 0 Å². The second-order valence-electron chi connectivity index (χ2n) is 7.09. The molecule has 148 valence electrons. The Morgan fingerprint density at radius 3 is 2.75 bits per heavy atom. The minimum Gasteiger partial charge on any atom is -0.338 e. The normalized spacial score (nSPS) is 15.6. The summed E-state index contributed by atoms with van der Waals surface area (Å²) < 4.78 is 0. The third-order valence-corrected chi connectivity index (χ3v) is 4.81. The molecule has 1 aliphatic rings. The van der Waals surface area contributed by atoms with E-state index in [0.717, 1.165) is 56.1 Å². The molecule has 0 radical (unpaired) electrons. The number of urea groups is 1. The number of aromatic nitrogens is 1. The molecule has 0 bridgehead atoms. The van der Waals surface area contributed by atoms with Gasteiger partial charge in [-0.15, -0.1) is 0 Å². The number of likely N-dealkylation sites (N-methyl/N-ethyl adjacent to an activating group) is 1. The van der Waals surface area contributed by atoms with Crippen molar-refractivity contribution in [2.75, 3.05) is 51.6 Å². The molecular formula is C22H29N5O. The van der Waals surface area contributed by atoms with Crippen molar-refractivity contribution in [1.82, 2.24) is 20.1 Å². The van der Waals surface area contributed by atoms with Gasteiger partial charge in [-0.2, -0.15) is 0 Å².